The van der Waals surface area contributed by atoms with Gasteiger partial charge in [-0.1, -0.05) is 42.5 Å². The van der Waals surface area contributed by atoms with Crippen molar-refractivity contribution in [3.05, 3.63) is 84.2 Å². The second-order valence-corrected chi connectivity index (χ2v) is 4.85. The summed E-state index contributed by atoms with van der Waals surface area (Å²) in [6.45, 7) is 0.538. The highest BCUT2D eigenvalue weighted by molar-refractivity contribution is 5.64. The van der Waals surface area contributed by atoms with Gasteiger partial charge in [0.15, 0.2) is 0 Å². The van der Waals surface area contributed by atoms with Crippen LogP contribution in [0.5, 0.6) is 5.75 Å². The Bertz CT molecular complexity index is 790. The van der Waals surface area contributed by atoms with Crippen molar-refractivity contribution < 1.29 is 4.74 Å². The summed E-state index contributed by atoms with van der Waals surface area (Å²) < 4.78 is 5.83. The van der Waals surface area contributed by atoms with E-state index in [2.05, 4.69) is 4.98 Å². The molecule has 0 fully saturated rings. The minimum atomic E-state index is 0.417. The van der Waals surface area contributed by atoms with E-state index in [1.54, 1.807) is 12.3 Å². The molecule has 0 atom stereocenters. The first-order valence-electron chi connectivity index (χ1n) is 6.98. The van der Waals surface area contributed by atoms with Gasteiger partial charge in [0, 0.05) is 11.8 Å². The van der Waals surface area contributed by atoms with Gasteiger partial charge in [-0.05, 0) is 35.4 Å². The summed E-state index contributed by atoms with van der Waals surface area (Å²) in [4.78, 5) is 4.09. The molecule has 0 unspecified atom stereocenters. The monoisotopic (exact) mass is 286 g/mol. The van der Waals surface area contributed by atoms with Crippen LogP contribution in [0.3, 0.4) is 0 Å². The summed E-state index contributed by atoms with van der Waals surface area (Å²) in [7, 11) is 0. The number of aromatic nitrogens is 1. The Balaban J connectivity index is 1.76. The fraction of sp³-hybridized carbons (Fsp3) is 0.0526. The van der Waals surface area contributed by atoms with Gasteiger partial charge in [0.2, 0.25) is 0 Å². The molecule has 0 amide bonds. The van der Waals surface area contributed by atoms with E-state index in [0.717, 1.165) is 22.4 Å². The Morgan fingerprint density at radius 1 is 0.909 bits per heavy atom. The van der Waals surface area contributed by atoms with Crippen LogP contribution in [0.4, 0.5) is 0 Å². The van der Waals surface area contributed by atoms with Crippen LogP contribution in [0.25, 0.3) is 11.1 Å². The predicted molar refractivity (Wildman–Crippen MR) is 85.2 cm³/mol. The van der Waals surface area contributed by atoms with Crippen molar-refractivity contribution in [2.24, 2.45) is 0 Å². The van der Waals surface area contributed by atoms with Crippen LogP contribution in [-0.2, 0) is 6.61 Å². The molecule has 1 heterocycles. The van der Waals surface area contributed by atoms with E-state index in [9.17, 15) is 0 Å². The Morgan fingerprint density at radius 3 is 2.50 bits per heavy atom. The number of nitrogens with zero attached hydrogens (tertiary/aromatic N) is 2. The predicted octanol–water partition coefficient (Wildman–Crippen LogP) is 4.20. The van der Waals surface area contributed by atoms with Crippen LogP contribution >= 0.6 is 0 Å². The number of hydrogen-bond acceptors (Lipinski definition) is 3. The summed E-state index contributed by atoms with van der Waals surface area (Å²) in [5, 5.41) is 8.79. The van der Waals surface area contributed by atoms with Crippen LogP contribution < -0.4 is 4.74 Å². The zero-order chi connectivity index (χ0) is 15.2. The molecule has 1 aromatic heterocycles. The van der Waals surface area contributed by atoms with Gasteiger partial charge in [0.05, 0.1) is 0 Å². The highest BCUT2D eigenvalue weighted by Gasteiger charge is 2.02. The molecule has 3 rings (SSSR count). The lowest BCUT2D eigenvalue weighted by atomic mass is 10.1. The fourth-order valence-corrected chi connectivity index (χ4v) is 2.14. The van der Waals surface area contributed by atoms with E-state index in [0.29, 0.717) is 12.3 Å². The van der Waals surface area contributed by atoms with Crippen molar-refractivity contribution in [3.8, 4) is 22.9 Å². The van der Waals surface area contributed by atoms with Gasteiger partial charge >= 0.3 is 0 Å². The van der Waals surface area contributed by atoms with Gasteiger partial charge in [0.25, 0.3) is 0 Å². The number of pyridine rings is 1. The summed E-state index contributed by atoms with van der Waals surface area (Å²) >= 11 is 0. The van der Waals surface area contributed by atoms with Gasteiger partial charge in [-0.2, -0.15) is 5.26 Å². The Hall–Kier alpha value is -3.12. The maximum Gasteiger partial charge on any atom is 0.140 e. The quantitative estimate of drug-likeness (QED) is 0.722. The topological polar surface area (TPSA) is 45.9 Å². The largest absolute Gasteiger partial charge is 0.489 e. The summed E-state index contributed by atoms with van der Waals surface area (Å²) in [5.41, 5.74) is 3.53. The van der Waals surface area contributed by atoms with Gasteiger partial charge < -0.3 is 4.74 Å². The lowest BCUT2D eigenvalue weighted by molar-refractivity contribution is 0.306. The van der Waals surface area contributed by atoms with Crippen molar-refractivity contribution in [2.45, 2.75) is 6.61 Å². The molecule has 0 saturated heterocycles. The average Bonchev–Trinajstić information content (AvgIpc) is 2.61. The fourth-order valence-electron chi connectivity index (χ4n) is 2.14. The van der Waals surface area contributed by atoms with Crippen LogP contribution in [0, 0.1) is 11.3 Å². The molecule has 2 aromatic carbocycles. The summed E-state index contributed by atoms with van der Waals surface area (Å²) in [5.74, 6) is 0.811. The molecule has 0 aliphatic rings. The van der Waals surface area contributed by atoms with Crippen molar-refractivity contribution in [1.82, 2.24) is 4.98 Å². The molecule has 3 heteroatoms. The third kappa shape index (κ3) is 3.31. The number of hydrogen-bond donors (Lipinski definition) is 0. The molecule has 0 spiro atoms. The van der Waals surface area contributed by atoms with Crippen molar-refractivity contribution in [1.29, 1.82) is 5.26 Å². The minimum absolute atomic E-state index is 0.417. The van der Waals surface area contributed by atoms with Crippen LogP contribution in [-0.4, -0.2) is 4.98 Å². The Kier molecular flexibility index (Phi) is 4.12. The number of rotatable bonds is 4. The van der Waals surface area contributed by atoms with E-state index >= 15 is 0 Å². The van der Waals surface area contributed by atoms with E-state index in [1.807, 2.05) is 66.7 Å². The lowest BCUT2D eigenvalue weighted by Crippen LogP contribution is -1.95. The Morgan fingerprint density at radius 2 is 1.77 bits per heavy atom. The minimum Gasteiger partial charge on any atom is -0.489 e. The van der Waals surface area contributed by atoms with Crippen molar-refractivity contribution >= 4 is 0 Å². The van der Waals surface area contributed by atoms with E-state index < -0.39 is 0 Å². The first-order valence-corrected chi connectivity index (χ1v) is 6.98. The third-order valence-electron chi connectivity index (χ3n) is 3.29. The van der Waals surface area contributed by atoms with Crippen LogP contribution in [0.2, 0.25) is 0 Å². The maximum absolute atomic E-state index is 8.79. The highest BCUT2D eigenvalue weighted by Crippen LogP contribution is 2.24. The Labute approximate surface area is 129 Å². The zero-order valence-electron chi connectivity index (χ0n) is 11.9. The van der Waals surface area contributed by atoms with Gasteiger partial charge in [-0.3, -0.25) is 0 Å². The first-order chi connectivity index (χ1) is 10.8. The lowest BCUT2D eigenvalue weighted by Gasteiger charge is -2.08. The third-order valence-corrected chi connectivity index (χ3v) is 3.29. The number of benzene rings is 2. The molecule has 22 heavy (non-hydrogen) atoms. The summed E-state index contributed by atoms with van der Waals surface area (Å²) in [6, 6.07) is 23.5. The van der Waals surface area contributed by atoms with Crippen LogP contribution in [0.1, 0.15) is 11.3 Å². The SMILES string of the molecule is N#Cc1ccc(-c2cccc(OCc3ccccc3)c2)cn1. The van der Waals surface area contributed by atoms with Gasteiger partial charge in [0.1, 0.15) is 24.1 Å². The number of nitriles is 1. The molecule has 0 bridgehead atoms. The second kappa shape index (κ2) is 6.55. The molecule has 0 aliphatic carbocycles. The van der Waals surface area contributed by atoms with Crippen molar-refractivity contribution in [3.63, 3.8) is 0 Å². The molecule has 3 aromatic rings. The smallest absolute Gasteiger partial charge is 0.140 e. The molecule has 0 N–H and O–H groups in total. The van der Waals surface area contributed by atoms with Gasteiger partial charge in [-0.25, -0.2) is 4.98 Å². The molecule has 106 valence electrons. The molecule has 3 nitrogen and oxygen atoms in total. The van der Waals surface area contributed by atoms with E-state index in [-0.39, 0.29) is 0 Å². The highest BCUT2D eigenvalue weighted by atomic mass is 16.5. The molecule has 0 radical (unpaired) electrons. The first kappa shape index (κ1) is 13.8. The maximum atomic E-state index is 8.79. The normalized spacial score (nSPS) is 9.95. The molecule has 0 aliphatic heterocycles. The van der Waals surface area contributed by atoms with Crippen molar-refractivity contribution in [2.75, 3.05) is 0 Å². The average molecular weight is 286 g/mol. The standard InChI is InChI=1S/C19H14N2O/c20-12-18-10-9-17(13-21-18)16-7-4-8-19(11-16)22-14-15-5-2-1-3-6-15/h1-11,13H,14H2. The summed E-state index contributed by atoms with van der Waals surface area (Å²) in [6.07, 6.45) is 1.70. The molecular weight excluding hydrogens is 272 g/mol. The zero-order valence-corrected chi connectivity index (χ0v) is 11.9. The number of ether oxygens (including phenoxy) is 1. The van der Waals surface area contributed by atoms with E-state index in [4.69, 9.17) is 10.00 Å². The van der Waals surface area contributed by atoms with Gasteiger partial charge in [-0.15, -0.1) is 0 Å². The van der Waals surface area contributed by atoms with Crippen LogP contribution in [0.15, 0.2) is 72.9 Å². The molecular formula is C19H14N2O. The second-order valence-electron chi connectivity index (χ2n) is 4.85. The molecule has 0 saturated carbocycles. The van der Waals surface area contributed by atoms with E-state index in [1.165, 1.54) is 0 Å².